The van der Waals surface area contributed by atoms with Gasteiger partial charge in [0.05, 0.1) is 11.6 Å². The third-order valence-corrected chi connectivity index (χ3v) is 3.10. The molecule has 0 aromatic heterocycles. The standard InChI is InChI=1S/C13H15NO4/c15-9-14-7-1-2-11(14)8-18-12-5-3-10(4-6-12)13(16)17/h3-6,9,11H,1-2,7-8H2,(H,16,17). The van der Waals surface area contributed by atoms with Crippen LogP contribution in [0.2, 0.25) is 0 Å². The summed E-state index contributed by atoms with van der Waals surface area (Å²) in [7, 11) is 0. The molecule has 1 aromatic carbocycles. The Labute approximate surface area is 105 Å². The smallest absolute Gasteiger partial charge is 0.335 e. The van der Waals surface area contributed by atoms with Gasteiger partial charge in [0.25, 0.3) is 0 Å². The number of nitrogens with zero attached hydrogens (tertiary/aromatic N) is 1. The Morgan fingerprint density at radius 2 is 2.17 bits per heavy atom. The fourth-order valence-electron chi connectivity index (χ4n) is 2.06. The molecule has 1 heterocycles. The number of carboxylic acid groups (broad SMARTS) is 1. The molecule has 5 heteroatoms. The van der Waals surface area contributed by atoms with Gasteiger partial charge in [-0.15, -0.1) is 0 Å². The van der Waals surface area contributed by atoms with Crippen molar-refractivity contribution in [2.45, 2.75) is 18.9 Å². The summed E-state index contributed by atoms with van der Waals surface area (Å²) in [5.41, 5.74) is 0.234. The molecule has 1 fully saturated rings. The number of aromatic carboxylic acids is 1. The Kier molecular flexibility index (Phi) is 3.82. The lowest BCUT2D eigenvalue weighted by Gasteiger charge is -2.20. The summed E-state index contributed by atoms with van der Waals surface area (Å²) in [5.74, 6) is -0.331. The Morgan fingerprint density at radius 1 is 1.44 bits per heavy atom. The summed E-state index contributed by atoms with van der Waals surface area (Å²) >= 11 is 0. The number of carboxylic acids is 1. The second-order valence-electron chi connectivity index (χ2n) is 4.28. The molecular formula is C13H15NO4. The molecule has 0 bridgehead atoms. The van der Waals surface area contributed by atoms with Crippen molar-refractivity contribution in [2.24, 2.45) is 0 Å². The molecule has 1 N–H and O–H groups in total. The summed E-state index contributed by atoms with van der Waals surface area (Å²) in [4.78, 5) is 23.2. The van der Waals surface area contributed by atoms with E-state index in [1.165, 1.54) is 12.1 Å². The van der Waals surface area contributed by atoms with E-state index >= 15 is 0 Å². The number of carbonyl (C=O) groups excluding carboxylic acids is 1. The molecule has 0 radical (unpaired) electrons. The monoisotopic (exact) mass is 249 g/mol. The number of hydrogen-bond donors (Lipinski definition) is 1. The molecule has 1 aliphatic heterocycles. The molecule has 96 valence electrons. The summed E-state index contributed by atoms with van der Waals surface area (Å²) in [5, 5.41) is 8.76. The Morgan fingerprint density at radius 3 is 2.78 bits per heavy atom. The van der Waals surface area contributed by atoms with Crippen LogP contribution >= 0.6 is 0 Å². The minimum Gasteiger partial charge on any atom is -0.491 e. The predicted molar refractivity (Wildman–Crippen MR) is 64.7 cm³/mol. The van der Waals surface area contributed by atoms with Crippen LogP contribution in [0.5, 0.6) is 5.75 Å². The molecule has 18 heavy (non-hydrogen) atoms. The van der Waals surface area contributed by atoms with E-state index in [1.54, 1.807) is 17.0 Å². The lowest BCUT2D eigenvalue weighted by Crippen LogP contribution is -2.32. The average molecular weight is 249 g/mol. The predicted octanol–water partition coefficient (Wildman–Crippen LogP) is 1.38. The zero-order chi connectivity index (χ0) is 13.0. The second kappa shape index (κ2) is 5.53. The quantitative estimate of drug-likeness (QED) is 0.801. The number of likely N-dealkylation sites (tertiary alicyclic amines) is 1. The highest BCUT2D eigenvalue weighted by Gasteiger charge is 2.23. The highest BCUT2D eigenvalue weighted by molar-refractivity contribution is 5.87. The first-order valence-corrected chi connectivity index (χ1v) is 5.88. The van der Waals surface area contributed by atoms with E-state index in [2.05, 4.69) is 0 Å². The van der Waals surface area contributed by atoms with Crippen molar-refractivity contribution in [1.29, 1.82) is 0 Å². The first-order valence-electron chi connectivity index (χ1n) is 5.88. The van der Waals surface area contributed by atoms with Gasteiger partial charge in [-0.3, -0.25) is 4.79 Å². The van der Waals surface area contributed by atoms with Crippen LogP contribution in [0.25, 0.3) is 0 Å². The first kappa shape index (κ1) is 12.4. The Hall–Kier alpha value is -2.04. The molecule has 1 aromatic rings. The number of hydrogen-bond acceptors (Lipinski definition) is 3. The molecule has 0 saturated carbocycles. The normalized spacial score (nSPS) is 18.7. The van der Waals surface area contributed by atoms with Gasteiger partial charge in [-0.1, -0.05) is 0 Å². The Bertz CT molecular complexity index is 429. The van der Waals surface area contributed by atoms with Crippen molar-refractivity contribution in [3.63, 3.8) is 0 Å². The van der Waals surface area contributed by atoms with Crippen molar-refractivity contribution in [3.05, 3.63) is 29.8 Å². The van der Waals surface area contributed by atoms with Crippen LogP contribution in [0.4, 0.5) is 0 Å². The summed E-state index contributed by atoms with van der Waals surface area (Å²) in [6.07, 6.45) is 2.81. The minimum absolute atomic E-state index is 0.127. The zero-order valence-corrected chi connectivity index (χ0v) is 9.91. The van der Waals surface area contributed by atoms with Gasteiger partial charge in [0.15, 0.2) is 0 Å². The molecule has 2 rings (SSSR count). The fraction of sp³-hybridized carbons (Fsp3) is 0.385. The van der Waals surface area contributed by atoms with Crippen molar-refractivity contribution < 1.29 is 19.4 Å². The van der Waals surface area contributed by atoms with Crippen LogP contribution in [0.1, 0.15) is 23.2 Å². The van der Waals surface area contributed by atoms with Gasteiger partial charge in [0, 0.05) is 6.54 Å². The summed E-state index contributed by atoms with van der Waals surface area (Å²) in [6, 6.07) is 6.39. The van der Waals surface area contributed by atoms with E-state index < -0.39 is 5.97 Å². The van der Waals surface area contributed by atoms with Crippen LogP contribution in [0.3, 0.4) is 0 Å². The molecule has 0 spiro atoms. The maximum absolute atomic E-state index is 10.8. The Balaban J connectivity index is 1.90. The molecule has 1 atom stereocenters. The van der Waals surface area contributed by atoms with Crippen molar-refractivity contribution in [3.8, 4) is 5.75 Å². The second-order valence-corrected chi connectivity index (χ2v) is 4.28. The van der Waals surface area contributed by atoms with Crippen molar-refractivity contribution in [1.82, 2.24) is 4.90 Å². The molecule has 1 unspecified atom stereocenters. The van der Waals surface area contributed by atoms with Crippen LogP contribution in [-0.2, 0) is 4.79 Å². The van der Waals surface area contributed by atoms with E-state index in [1.807, 2.05) is 0 Å². The van der Waals surface area contributed by atoms with E-state index in [9.17, 15) is 9.59 Å². The van der Waals surface area contributed by atoms with Gasteiger partial charge < -0.3 is 14.7 Å². The third kappa shape index (κ3) is 2.80. The van der Waals surface area contributed by atoms with E-state index in [-0.39, 0.29) is 11.6 Å². The lowest BCUT2D eigenvalue weighted by atomic mass is 10.2. The van der Waals surface area contributed by atoms with Gasteiger partial charge >= 0.3 is 5.97 Å². The number of carbonyl (C=O) groups is 2. The number of ether oxygens (including phenoxy) is 1. The molecular weight excluding hydrogens is 234 g/mol. The molecule has 0 aliphatic carbocycles. The van der Waals surface area contributed by atoms with Gasteiger partial charge in [-0.2, -0.15) is 0 Å². The largest absolute Gasteiger partial charge is 0.491 e. The molecule has 1 saturated heterocycles. The van der Waals surface area contributed by atoms with E-state index in [4.69, 9.17) is 9.84 Å². The third-order valence-electron chi connectivity index (χ3n) is 3.10. The van der Waals surface area contributed by atoms with Gasteiger partial charge in [0.2, 0.25) is 6.41 Å². The van der Waals surface area contributed by atoms with Crippen LogP contribution in [0.15, 0.2) is 24.3 Å². The SMILES string of the molecule is O=CN1CCCC1COc1ccc(C(=O)O)cc1. The molecule has 1 aliphatic rings. The van der Waals surface area contributed by atoms with Crippen LogP contribution in [0, 0.1) is 0 Å². The maximum Gasteiger partial charge on any atom is 0.335 e. The highest BCUT2D eigenvalue weighted by atomic mass is 16.5. The number of benzene rings is 1. The topological polar surface area (TPSA) is 66.8 Å². The lowest BCUT2D eigenvalue weighted by molar-refractivity contribution is -0.119. The number of rotatable bonds is 5. The van der Waals surface area contributed by atoms with Crippen LogP contribution < -0.4 is 4.74 Å². The molecule has 5 nitrogen and oxygen atoms in total. The average Bonchev–Trinajstić information content (AvgIpc) is 2.84. The fourth-order valence-corrected chi connectivity index (χ4v) is 2.06. The number of amides is 1. The van der Waals surface area contributed by atoms with Crippen molar-refractivity contribution in [2.75, 3.05) is 13.2 Å². The first-order chi connectivity index (χ1) is 8.70. The van der Waals surface area contributed by atoms with E-state index in [0.717, 1.165) is 25.8 Å². The summed E-state index contributed by atoms with van der Waals surface area (Å²) in [6.45, 7) is 1.24. The minimum atomic E-state index is -0.954. The zero-order valence-electron chi connectivity index (χ0n) is 9.91. The highest BCUT2D eigenvalue weighted by Crippen LogP contribution is 2.18. The van der Waals surface area contributed by atoms with Gasteiger partial charge in [-0.25, -0.2) is 4.79 Å². The summed E-state index contributed by atoms with van der Waals surface area (Å²) < 4.78 is 5.56. The van der Waals surface area contributed by atoms with E-state index in [0.29, 0.717) is 12.4 Å². The van der Waals surface area contributed by atoms with Gasteiger partial charge in [0.1, 0.15) is 12.4 Å². The maximum atomic E-state index is 10.8. The van der Waals surface area contributed by atoms with Gasteiger partial charge in [-0.05, 0) is 37.1 Å². The molecule has 1 amide bonds. The van der Waals surface area contributed by atoms with Crippen LogP contribution in [-0.4, -0.2) is 41.6 Å². The van der Waals surface area contributed by atoms with Crippen molar-refractivity contribution >= 4 is 12.4 Å².